The Morgan fingerprint density at radius 2 is 2.29 bits per heavy atom. The molecule has 2 aromatic rings. The molecule has 0 aliphatic heterocycles. The van der Waals surface area contributed by atoms with E-state index in [2.05, 4.69) is 26.3 Å². The number of benzene rings is 1. The molecule has 1 heterocycles. The molecule has 1 amide bonds. The third kappa shape index (κ3) is 3.37. The zero-order valence-electron chi connectivity index (χ0n) is 10.9. The van der Waals surface area contributed by atoms with Gasteiger partial charge in [0.2, 0.25) is 5.91 Å². The number of aromatic hydroxyl groups is 1. The molecule has 110 valence electrons. The fourth-order valence-corrected chi connectivity index (χ4v) is 1.92. The average molecular weight is 355 g/mol. The fraction of sp³-hybridized carbons (Fsp3) is 0.167. The molecule has 8 nitrogen and oxygen atoms in total. The van der Waals surface area contributed by atoms with Crippen LogP contribution in [0.4, 0.5) is 11.4 Å². The molecule has 0 aliphatic carbocycles. The summed E-state index contributed by atoms with van der Waals surface area (Å²) in [5.41, 5.74) is -0.154. The van der Waals surface area contributed by atoms with Gasteiger partial charge < -0.3 is 10.4 Å². The predicted octanol–water partition coefficient (Wildman–Crippen LogP) is 2.46. The van der Waals surface area contributed by atoms with Crippen molar-refractivity contribution < 1.29 is 14.8 Å². The number of nitro groups is 1. The van der Waals surface area contributed by atoms with Crippen molar-refractivity contribution in [2.45, 2.75) is 13.0 Å². The molecule has 0 spiro atoms. The van der Waals surface area contributed by atoms with Crippen molar-refractivity contribution in [3.63, 3.8) is 0 Å². The highest BCUT2D eigenvalue weighted by atomic mass is 79.9. The molecule has 1 aromatic carbocycles. The highest BCUT2D eigenvalue weighted by molar-refractivity contribution is 9.10. The SMILES string of the molecule is CC(C(=O)Nc1ccc([N+](=O)[O-])cc1O)n1cc(Br)cn1. The standard InChI is InChI=1S/C12H11BrN4O4/c1-7(16-6-8(13)5-14-16)12(19)15-10-3-2-9(17(20)21)4-11(10)18/h2-7,18H,1H3,(H,15,19). The second-order valence-electron chi connectivity index (χ2n) is 4.26. The Morgan fingerprint density at radius 3 is 2.81 bits per heavy atom. The first-order chi connectivity index (χ1) is 9.88. The lowest BCUT2D eigenvalue weighted by Gasteiger charge is -2.13. The number of nitro benzene ring substituents is 1. The summed E-state index contributed by atoms with van der Waals surface area (Å²) in [6, 6.07) is 2.85. The van der Waals surface area contributed by atoms with Gasteiger partial charge in [0.15, 0.2) is 0 Å². The second-order valence-corrected chi connectivity index (χ2v) is 5.18. The molecule has 0 radical (unpaired) electrons. The van der Waals surface area contributed by atoms with E-state index < -0.39 is 16.9 Å². The lowest BCUT2D eigenvalue weighted by molar-refractivity contribution is -0.384. The number of phenolic OH excluding ortho intramolecular Hbond substituents is 1. The van der Waals surface area contributed by atoms with Gasteiger partial charge in [0.1, 0.15) is 11.8 Å². The minimum absolute atomic E-state index is 0.101. The zero-order valence-corrected chi connectivity index (χ0v) is 12.4. The van der Waals surface area contributed by atoms with Crippen molar-refractivity contribution in [3.8, 4) is 5.75 Å². The van der Waals surface area contributed by atoms with Crippen molar-refractivity contribution in [3.05, 3.63) is 45.2 Å². The molecular weight excluding hydrogens is 344 g/mol. The Balaban J connectivity index is 2.14. The maximum Gasteiger partial charge on any atom is 0.273 e. The minimum Gasteiger partial charge on any atom is -0.506 e. The van der Waals surface area contributed by atoms with E-state index in [-0.39, 0.29) is 17.1 Å². The van der Waals surface area contributed by atoms with Gasteiger partial charge in [0.25, 0.3) is 5.69 Å². The predicted molar refractivity (Wildman–Crippen MR) is 78.0 cm³/mol. The maximum absolute atomic E-state index is 12.1. The van der Waals surface area contributed by atoms with Crippen LogP contribution < -0.4 is 5.32 Å². The lowest BCUT2D eigenvalue weighted by Crippen LogP contribution is -2.24. The monoisotopic (exact) mass is 354 g/mol. The molecule has 0 aliphatic rings. The van der Waals surface area contributed by atoms with Gasteiger partial charge in [-0.2, -0.15) is 5.10 Å². The molecule has 0 saturated carbocycles. The number of anilines is 1. The van der Waals surface area contributed by atoms with E-state index in [1.807, 2.05) is 0 Å². The first kappa shape index (κ1) is 15.0. The normalized spacial score (nSPS) is 11.9. The van der Waals surface area contributed by atoms with Crippen LogP contribution in [0.2, 0.25) is 0 Å². The third-order valence-electron chi connectivity index (χ3n) is 2.80. The Bertz CT molecular complexity index is 700. The molecule has 2 N–H and O–H groups in total. The van der Waals surface area contributed by atoms with Crippen LogP contribution >= 0.6 is 15.9 Å². The number of carbonyl (C=O) groups is 1. The molecule has 1 unspecified atom stereocenters. The van der Waals surface area contributed by atoms with Gasteiger partial charge in [-0.15, -0.1) is 0 Å². The Labute approximate surface area is 127 Å². The van der Waals surface area contributed by atoms with E-state index in [4.69, 9.17) is 0 Å². The van der Waals surface area contributed by atoms with Crippen LogP contribution in [-0.2, 0) is 4.79 Å². The summed E-state index contributed by atoms with van der Waals surface area (Å²) < 4.78 is 2.18. The molecule has 9 heteroatoms. The average Bonchev–Trinajstić information content (AvgIpc) is 2.86. The van der Waals surface area contributed by atoms with Crippen LogP contribution in [0, 0.1) is 10.1 Å². The van der Waals surface area contributed by atoms with Gasteiger partial charge in [-0.25, -0.2) is 0 Å². The van der Waals surface area contributed by atoms with E-state index in [0.29, 0.717) is 0 Å². The first-order valence-corrected chi connectivity index (χ1v) is 6.65. The number of phenols is 1. The topological polar surface area (TPSA) is 110 Å². The van der Waals surface area contributed by atoms with Crippen LogP contribution in [0.1, 0.15) is 13.0 Å². The Morgan fingerprint density at radius 1 is 1.57 bits per heavy atom. The van der Waals surface area contributed by atoms with Crippen LogP contribution in [-0.4, -0.2) is 25.7 Å². The number of nitrogens with zero attached hydrogens (tertiary/aromatic N) is 3. The van der Waals surface area contributed by atoms with Crippen LogP contribution in [0.25, 0.3) is 0 Å². The van der Waals surface area contributed by atoms with E-state index in [0.717, 1.165) is 10.5 Å². The Hall–Kier alpha value is -2.42. The number of hydrogen-bond donors (Lipinski definition) is 2. The molecule has 0 saturated heterocycles. The van der Waals surface area contributed by atoms with E-state index in [1.165, 1.54) is 16.8 Å². The largest absolute Gasteiger partial charge is 0.506 e. The van der Waals surface area contributed by atoms with Crippen LogP contribution in [0.3, 0.4) is 0 Å². The fourth-order valence-electron chi connectivity index (χ4n) is 1.62. The number of halogens is 1. The Kier molecular flexibility index (Phi) is 4.22. The summed E-state index contributed by atoms with van der Waals surface area (Å²) in [5, 5.41) is 26.8. The summed E-state index contributed by atoms with van der Waals surface area (Å²) in [5.74, 6) is -0.777. The number of amides is 1. The number of non-ortho nitro benzene ring substituents is 1. The van der Waals surface area contributed by atoms with E-state index >= 15 is 0 Å². The smallest absolute Gasteiger partial charge is 0.273 e. The van der Waals surface area contributed by atoms with Gasteiger partial charge in [0.05, 0.1) is 27.3 Å². The van der Waals surface area contributed by atoms with Crippen molar-refractivity contribution in [1.29, 1.82) is 0 Å². The van der Waals surface area contributed by atoms with Crippen LogP contribution in [0.5, 0.6) is 5.75 Å². The van der Waals surface area contributed by atoms with E-state index in [1.54, 1.807) is 19.3 Å². The second kappa shape index (κ2) is 5.92. The number of aromatic nitrogens is 2. The number of carbonyl (C=O) groups excluding carboxylic acids is 1. The summed E-state index contributed by atoms with van der Waals surface area (Å²) in [6.07, 6.45) is 3.19. The quantitative estimate of drug-likeness (QED) is 0.497. The molecular formula is C12H11BrN4O4. The summed E-state index contributed by atoms with van der Waals surface area (Å²) >= 11 is 3.23. The number of rotatable bonds is 4. The van der Waals surface area contributed by atoms with Gasteiger partial charge in [-0.05, 0) is 28.9 Å². The molecule has 0 fully saturated rings. The minimum atomic E-state index is -0.630. The lowest BCUT2D eigenvalue weighted by atomic mass is 10.2. The van der Waals surface area contributed by atoms with Gasteiger partial charge in [-0.3, -0.25) is 19.6 Å². The molecule has 0 bridgehead atoms. The van der Waals surface area contributed by atoms with Gasteiger partial charge in [0, 0.05) is 12.3 Å². The van der Waals surface area contributed by atoms with Crippen molar-refractivity contribution >= 4 is 33.2 Å². The summed E-state index contributed by atoms with van der Waals surface area (Å²) in [7, 11) is 0. The maximum atomic E-state index is 12.1. The number of hydrogen-bond acceptors (Lipinski definition) is 5. The molecule has 21 heavy (non-hydrogen) atoms. The highest BCUT2D eigenvalue weighted by Gasteiger charge is 2.18. The summed E-state index contributed by atoms with van der Waals surface area (Å²) in [6.45, 7) is 1.64. The molecule has 1 atom stereocenters. The van der Waals surface area contributed by atoms with Gasteiger partial charge in [-0.1, -0.05) is 0 Å². The van der Waals surface area contributed by atoms with Crippen molar-refractivity contribution in [2.24, 2.45) is 0 Å². The zero-order chi connectivity index (χ0) is 15.6. The summed E-state index contributed by atoms with van der Waals surface area (Å²) in [4.78, 5) is 22.0. The molecule has 2 rings (SSSR count). The molecule has 1 aromatic heterocycles. The van der Waals surface area contributed by atoms with Gasteiger partial charge >= 0.3 is 0 Å². The van der Waals surface area contributed by atoms with E-state index in [9.17, 15) is 20.0 Å². The first-order valence-electron chi connectivity index (χ1n) is 5.86. The highest BCUT2D eigenvalue weighted by Crippen LogP contribution is 2.28. The third-order valence-corrected chi connectivity index (χ3v) is 3.21. The number of nitrogens with one attached hydrogen (secondary N) is 1. The van der Waals surface area contributed by atoms with Crippen molar-refractivity contribution in [1.82, 2.24) is 9.78 Å². The van der Waals surface area contributed by atoms with Crippen molar-refractivity contribution in [2.75, 3.05) is 5.32 Å². The van der Waals surface area contributed by atoms with Crippen LogP contribution in [0.15, 0.2) is 35.1 Å².